The van der Waals surface area contributed by atoms with E-state index >= 15 is 0 Å². The van der Waals surface area contributed by atoms with Crippen LogP contribution >= 0.6 is 0 Å². The van der Waals surface area contributed by atoms with Crippen molar-refractivity contribution in [3.8, 4) is 5.75 Å². The van der Waals surface area contributed by atoms with Crippen LogP contribution in [0.5, 0.6) is 5.75 Å². The van der Waals surface area contributed by atoms with E-state index in [1.165, 1.54) is 0 Å². The Morgan fingerprint density at radius 1 is 0.853 bits per heavy atom. The van der Waals surface area contributed by atoms with Gasteiger partial charge in [0.2, 0.25) is 5.91 Å². The molecule has 1 aromatic rings. The Bertz CT molecular complexity index is 843. The van der Waals surface area contributed by atoms with Gasteiger partial charge in [0.05, 0.1) is 17.9 Å². The monoisotopic (exact) mass is 484 g/mol. The molecule has 2 aliphatic rings. The van der Waals surface area contributed by atoms with E-state index in [9.17, 15) is 27.6 Å². The van der Waals surface area contributed by atoms with E-state index < -0.39 is 24.0 Å². The summed E-state index contributed by atoms with van der Waals surface area (Å²) in [5, 5.41) is 14.4. The second kappa shape index (κ2) is 11.6. The topological polar surface area (TPSA) is 105 Å². The third-order valence-corrected chi connectivity index (χ3v) is 6.71. The Hall–Kier alpha value is -2.78. The van der Waals surface area contributed by atoms with Crippen molar-refractivity contribution in [1.29, 1.82) is 0 Å². The van der Waals surface area contributed by atoms with Gasteiger partial charge >= 0.3 is 12.1 Å². The molecule has 2 saturated carbocycles. The lowest BCUT2D eigenvalue weighted by atomic mass is 9.81. The minimum Gasteiger partial charge on any atom is -0.490 e. The molecule has 3 rings (SSSR count). The maximum atomic E-state index is 12.7. The number of carboxylic acid groups (broad SMARTS) is 1. The summed E-state index contributed by atoms with van der Waals surface area (Å²) in [6, 6.07) is 6.64. The van der Waals surface area contributed by atoms with E-state index in [0.29, 0.717) is 37.0 Å². The van der Waals surface area contributed by atoms with E-state index in [1.807, 2.05) is 0 Å². The van der Waals surface area contributed by atoms with Gasteiger partial charge in [0.15, 0.2) is 0 Å². The molecule has 2 amide bonds. The first-order chi connectivity index (χ1) is 16.1. The minimum absolute atomic E-state index is 0.0262. The molecule has 0 bridgehead atoms. The Labute approximate surface area is 196 Å². The van der Waals surface area contributed by atoms with Crippen LogP contribution in [0.1, 0.15) is 61.7 Å². The van der Waals surface area contributed by atoms with Crippen LogP contribution in [-0.2, 0) is 9.59 Å². The molecule has 0 spiro atoms. The van der Waals surface area contributed by atoms with Crippen LogP contribution in [-0.4, -0.2) is 48.3 Å². The highest BCUT2D eigenvalue weighted by Gasteiger charge is 2.42. The summed E-state index contributed by atoms with van der Waals surface area (Å²) in [5.74, 6) is -2.77. The fraction of sp³-hybridized carbons (Fsp3) is 0.625. The predicted octanol–water partition coefficient (Wildman–Crippen LogP) is 3.92. The summed E-state index contributed by atoms with van der Waals surface area (Å²) in [7, 11) is 0. The van der Waals surface area contributed by atoms with Crippen molar-refractivity contribution >= 4 is 17.8 Å². The second-order valence-corrected chi connectivity index (χ2v) is 9.09. The number of ether oxygens (including phenoxy) is 1. The van der Waals surface area contributed by atoms with Crippen LogP contribution in [0.15, 0.2) is 24.3 Å². The molecule has 10 heteroatoms. The third-order valence-electron chi connectivity index (χ3n) is 6.71. The number of rotatable bonds is 8. The molecule has 0 heterocycles. The van der Waals surface area contributed by atoms with Crippen LogP contribution in [0.2, 0.25) is 0 Å². The van der Waals surface area contributed by atoms with Crippen molar-refractivity contribution in [3.63, 3.8) is 0 Å². The van der Waals surface area contributed by atoms with Gasteiger partial charge in [-0.1, -0.05) is 0 Å². The van der Waals surface area contributed by atoms with Crippen molar-refractivity contribution in [3.05, 3.63) is 29.8 Å². The summed E-state index contributed by atoms with van der Waals surface area (Å²) < 4.78 is 44.1. The SMILES string of the molecule is O=C(NCCNC(=O)C1CCC(C(F)(F)F)CC1)c1ccc(OC2CCC(C(=O)O)CC2)cc1. The Morgan fingerprint density at radius 2 is 1.41 bits per heavy atom. The van der Waals surface area contributed by atoms with Crippen LogP contribution in [0, 0.1) is 17.8 Å². The predicted molar refractivity (Wildman–Crippen MR) is 117 cm³/mol. The highest BCUT2D eigenvalue weighted by atomic mass is 19.4. The van der Waals surface area contributed by atoms with E-state index in [-0.39, 0.29) is 62.6 Å². The molecule has 0 aliphatic heterocycles. The average molecular weight is 485 g/mol. The first kappa shape index (κ1) is 25.8. The number of hydrogen-bond donors (Lipinski definition) is 3. The third kappa shape index (κ3) is 7.36. The van der Waals surface area contributed by atoms with E-state index in [4.69, 9.17) is 9.84 Å². The van der Waals surface area contributed by atoms with Crippen molar-refractivity contribution < 1.29 is 37.4 Å². The smallest absolute Gasteiger partial charge is 0.391 e. The fourth-order valence-corrected chi connectivity index (χ4v) is 4.60. The van der Waals surface area contributed by atoms with Gasteiger partial charge in [-0.25, -0.2) is 0 Å². The summed E-state index contributed by atoms with van der Waals surface area (Å²) in [5.41, 5.74) is 0.429. The van der Waals surface area contributed by atoms with E-state index in [2.05, 4.69) is 10.6 Å². The number of aliphatic carboxylic acids is 1. The number of hydrogen-bond acceptors (Lipinski definition) is 4. The van der Waals surface area contributed by atoms with Gasteiger partial charge in [-0.05, 0) is 75.6 Å². The molecule has 2 aliphatic carbocycles. The summed E-state index contributed by atoms with van der Waals surface area (Å²) in [6.07, 6.45) is -1.32. The lowest BCUT2D eigenvalue weighted by Gasteiger charge is -2.29. The number of benzene rings is 1. The summed E-state index contributed by atoms with van der Waals surface area (Å²) >= 11 is 0. The number of carbonyl (C=O) groups is 3. The van der Waals surface area contributed by atoms with Crippen LogP contribution in [0.3, 0.4) is 0 Å². The molecule has 7 nitrogen and oxygen atoms in total. The summed E-state index contributed by atoms with van der Waals surface area (Å²) in [4.78, 5) is 35.5. The van der Waals surface area contributed by atoms with Gasteiger partial charge in [-0.15, -0.1) is 0 Å². The lowest BCUT2D eigenvalue weighted by molar-refractivity contribution is -0.184. The Kier molecular flexibility index (Phi) is 8.79. The molecule has 0 unspecified atom stereocenters. The fourth-order valence-electron chi connectivity index (χ4n) is 4.60. The van der Waals surface area contributed by atoms with Gasteiger partial charge in [0.25, 0.3) is 5.91 Å². The van der Waals surface area contributed by atoms with Gasteiger partial charge in [0.1, 0.15) is 5.75 Å². The first-order valence-electron chi connectivity index (χ1n) is 11.8. The van der Waals surface area contributed by atoms with E-state index in [0.717, 1.165) is 0 Å². The van der Waals surface area contributed by atoms with Crippen molar-refractivity contribution in [1.82, 2.24) is 10.6 Å². The average Bonchev–Trinajstić information content (AvgIpc) is 2.82. The standard InChI is InChI=1S/C24H31F3N2O5/c25-24(26,27)18-7-1-15(2-8-18)21(30)28-13-14-29-22(31)16-3-9-19(10-4-16)34-20-11-5-17(6-12-20)23(32)33/h3-4,9-10,15,17-18,20H,1-2,5-8,11-14H2,(H,28,30)(H,29,31)(H,32,33). The Balaban J connectivity index is 1.33. The minimum atomic E-state index is -4.20. The van der Waals surface area contributed by atoms with Crippen molar-refractivity contribution in [2.24, 2.45) is 17.8 Å². The largest absolute Gasteiger partial charge is 0.490 e. The van der Waals surface area contributed by atoms with Crippen molar-refractivity contribution in [2.45, 2.75) is 63.6 Å². The number of carboxylic acids is 1. The van der Waals surface area contributed by atoms with Gasteiger partial charge in [-0.2, -0.15) is 13.2 Å². The van der Waals surface area contributed by atoms with Crippen LogP contribution < -0.4 is 15.4 Å². The number of carbonyl (C=O) groups excluding carboxylic acids is 2. The summed E-state index contributed by atoms with van der Waals surface area (Å²) in [6.45, 7) is 0.400. The zero-order valence-corrected chi connectivity index (χ0v) is 18.9. The lowest BCUT2D eigenvalue weighted by Crippen LogP contribution is -2.39. The molecule has 2 fully saturated rings. The van der Waals surface area contributed by atoms with Gasteiger partial charge < -0.3 is 20.5 Å². The first-order valence-corrected chi connectivity index (χ1v) is 11.8. The molecule has 188 valence electrons. The number of halogens is 3. The number of nitrogens with one attached hydrogen (secondary N) is 2. The quantitative estimate of drug-likeness (QED) is 0.485. The molecular weight excluding hydrogens is 453 g/mol. The molecule has 34 heavy (non-hydrogen) atoms. The maximum absolute atomic E-state index is 12.7. The van der Waals surface area contributed by atoms with Gasteiger partial charge in [0, 0.05) is 24.6 Å². The van der Waals surface area contributed by atoms with Crippen LogP contribution in [0.25, 0.3) is 0 Å². The molecule has 0 aromatic heterocycles. The molecule has 3 N–H and O–H groups in total. The highest BCUT2D eigenvalue weighted by Crippen LogP contribution is 2.39. The molecule has 0 radical (unpaired) electrons. The number of alkyl halides is 3. The van der Waals surface area contributed by atoms with Crippen LogP contribution in [0.4, 0.5) is 13.2 Å². The zero-order valence-electron chi connectivity index (χ0n) is 18.9. The van der Waals surface area contributed by atoms with E-state index in [1.54, 1.807) is 24.3 Å². The van der Waals surface area contributed by atoms with Gasteiger partial charge in [-0.3, -0.25) is 14.4 Å². The second-order valence-electron chi connectivity index (χ2n) is 9.09. The normalized spacial score (nSPS) is 25.3. The maximum Gasteiger partial charge on any atom is 0.391 e. The molecule has 0 saturated heterocycles. The molecular formula is C24H31F3N2O5. The number of amides is 2. The molecule has 0 atom stereocenters. The Morgan fingerprint density at radius 3 is 1.97 bits per heavy atom. The molecule has 1 aromatic carbocycles. The van der Waals surface area contributed by atoms with Crippen molar-refractivity contribution in [2.75, 3.05) is 13.1 Å². The highest BCUT2D eigenvalue weighted by molar-refractivity contribution is 5.94. The zero-order chi connectivity index (χ0) is 24.7.